The second kappa shape index (κ2) is 4.85. The average Bonchev–Trinajstić information content (AvgIpc) is 2.83. The zero-order valence-electron chi connectivity index (χ0n) is 11.0. The Kier molecular flexibility index (Phi) is 3.16. The van der Waals surface area contributed by atoms with Gasteiger partial charge in [-0.2, -0.15) is 8.78 Å². The van der Waals surface area contributed by atoms with Crippen molar-refractivity contribution >= 4 is 5.78 Å². The smallest absolute Gasteiger partial charge is 0.290 e. The molecular weight excluding hydrogens is 260 g/mol. The van der Waals surface area contributed by atoms with Gasteiger partial charge in [-0.3, -0.25) is 4.79 Å². The lowest BCUT2D eigenvalue weighted by Crippen LogP contribution is -2.20. The summed E-state index contributed by atoms with van der Waals surface area (Å²) in [7, 11) is 0. The van der Waals surface area contributed by atoms with Crippen LogP contribution in [0.4, 0.5) is 8.78 Å². The molecule has 2 aromatic rings. The topological polar surface area (TPSA) is 22.0 Å². The highest BCUT2D eigenvalue weighted by Crippen LogP contribution is 2.31. The quantitative estimate of drug-likeness (QED) is 0.835. The molecule has 0 N–H and O–H groups in total. The summed E-state index contributed by atoms with van der Waals surface area (Å²) < 4.78 is 29.8. The van der Waals surface area contributed by atoms with E-state index in [1.54, 1.807) is 30.6 Å². The third kappa shape index (κ3) is 2.38. The van der Waals surface area contributed by atoms with Gasteiger partial charge in [-0.25, -0.2) is 0 Å². The van der Waals surface area contributed by atoms with E-state index in [-0.39, 0.29) is 11.3 Å². The second-order valence-corrected chi connectivity index (χ2v) is 5.22. The van der Waals surface area contributed by atoms with E-state index in [0.717, 1.165) is 18.4 Å². The number of carbonyl (C=O) groups is 1. The molecule has 0 aliphatic heterocycles. The third-order valence-electron chi connectivity index (χ3n) is 3.69. The Labute approximate surface area is 116 Å². The van der Waals surface area contributed by atoms with Crippen LogP contribution in [0.3, 0.4) is 0 Å². The molecule has 1 heterocycles. The Morgan fingerprint density at radius 3 is 2.55 bits per heavy atom. The first-order valence-electron chi connectivity index (χ1n) is 6.71. The van der Waals surface area contributed by atoms with Crippen LogP contribution >= 0.6 is 0 Å². The second-order valence-electron chi connectivity index (χ2n) is 5.22. The summed E-state index contributed by atoms with van der Waals surface area (Å²) in [6.45, 7) is -0.433. The first kappa shape index (κ1) is 13.0. The van der Waals surface area contributed by atoms with Crippen LogP contribution in [0.15, 0.2) is 42.7 Å². The Morgan fingerprint density at radius 2 is 1.85 bits per heavy atom. The van der Waals surface area contributed by atoms with Crippen LogP contribution in [0.5, 0.6) is 0 Å². The van der Waals surface area contributed by atoms with Crippen molar-refractivity contribution in [3.8, 4) is 0 Å². The van der Waals surface area contributed by atoms with Gasteiger partial charge in [0.15, 0.2) is 5.78 Å². The van der Waals surface area contributed by atoms with Gasteiger partial charge in [0.1, 0.15) is 0 Å². The summed E-state index contributed by atoms with van der Waals surface area (Å²) in [5.41, 5.74) is 1.50. The number of carbonyl (C=O) groups excluding carboxylic acids is 1. The van der Waals surface area contributed by atoms with Gasteiger partial charge in [-0.15, -0.1) is 0 Å². The average molecular weight is 275 g/mol. The number of benzene rings is 1. The van der Waals surface area contributed by atoms with Crippen LogP contribution in [0.25, 0.3) is 0 Å². The van der Waals surface area contributed by atoms with Gasteiger partial charge in [0.2, 0.25) is 0 Å². The first-order valence-corrected chi connectivity index (χ1v) is 6.71. The van der Waals surface area contributed by atoms with Crippen molar-refractivity contribution in [1.82, 2.24) is 4.57 Å². The summed E-state index contributed by atoms with van der Waals surface area (Å²) in [5.74, 6) is -2.88. The molecule has 1 aromatic heterocycles. The molecule has 0 radical (unpaired) electrons. The summed E-state index contributed by atoms with van der Waals surface area (Å²) in [6, 6.07) is 7.77. The van der Waals surface area contributed by atoms with E-state index in [9.17, 15) is 13.6 Å². The molecule has 2 nitrogen and oxygen atoms in total. The maximum Gasteiger partial charge on any atom is 0.290 e. The number of hydrogen-bond acceptors (Lipinski definition) is 1. The fourth-order valence-corrected chi connectivity index (χ4v) is 2.67. The van der Waals surface area contributed by atoms with Gasteiger partial charge in [-0.05, 0) is 18.4 Å². The molecule has 4 heteroatoms. The van der Waals surface area contributed by atoms with Gasteiger partial charge in [0, 0.05) is 29.9 Å². The van der Waals surface area contributed by atoms with Crippen LogP contribution in [0, 0.1) is 0 Å². The normalized spacial score (nSPS) is 15.2. The first-order chi connectivity index (χ1) is 9.56. The Morgan fingerprint density at radius 1 is 1.10 bits per heavy atom. The minimum atomic E-state index is -2.94. The predicted molar refractivity (Wildman–Crippen MR) is 72.0 cm³/mol. The number of alkyl halides is 2. The lowest BCUT2D eigenvalue weighted by Gasteiger charge is -2.17. The van der Waals surface area contributed by atoms with Crippen molar-refractivity contribution in [3.63, 3.8) is 0 Å². The van der Waals surface area contributed by atoms with Crippen LogP contribution in [-0.2, 0) is 18.9 Å². The van der Waals surface area contributed by atoms with Crippen LogP contribution in [-0.4, -0.2) is 10.4 Å². The fraction of sp³-hybridized carbons (Fsp3) is 0.312. The van der Waals surface area contributed by atoms with Crippen LogP contribution in [0.2, 0.25) is 0 Å². The lowest BCUT2D eigenvalue weighted by atomic mass is 9.95. The predicted octanol–water partition coefficient (Wildman–Crippen LogP) is 3.80. The van der Waals surface area contributed by atoms with Crippen LogP contribution in [0.1, 0.15) is 34.3 Å². The van der Waals surface area contributed by atoms with E-state index in [1.165, 1.54) is 16.7 Å². The molecule has 3 rings (SSSR count). The molecule has 1 aliphatic carbocycles. The van der Waals surface area contributed by atoms with Gasteiger partial charge >= 0.3 is 0 Å². The number of aromatic nitrogens is 1. The van der Waals surface area contributed by atoms with E-state index in [1.807, 2.05) is 0 Å². The summed E-state index contributed by atoms with van der Waals surface area (Å²) >= 11 is 0. The molecule has 1 aliphatic rings. The van der Waals surface area contributed by atoms with E-state index in [2.05, 4.69) is 0 Å². The molecule has 20 heavy (non-hydrogen) atoms. The number of nitrogens with zero attached hydrogens (tertiary/aromatic N) is 1. The Balaban J connectivity index is 1.86. The van der Waals surface area contributed by atoms with Crippen LogP contribution < -0.4 is 0 Å². The van der Waals surface area contributed by atoms with E-state index >= 15 is 0 Å². The molecule has 1 aromatic carbocycles. The number of ketones is 1. The third-order valence-corrected chi connectivity index (χ3v) is 3.69. The number of hydrogen-bond donors (Lipinski definition) is 0. The molecule has 104 valence electrons. The highest BCUT2D eigenvalue weighted by atomic mass is 19.3. The lowest BCUT2D eigenvalue weighted by molar-refractivity contribution is -0.0221. The summed E-state index contributed by atoms with van der Waals surface area (Å²) in [6.07, 6.45) is 5.37. The van der Waals surface area contributed by atoms with E-state index in [0.29, 0.717) is 12.0 Å². The van der Waals surface area contributed by atoms with Crippen molar-refractivity contribution in [2.45, 2.75) is 31.7 Å². The van der Waals surface area contributed by atoms with Gasteiger partial charge in [-0.1, -0.05) is 30.3 Å². The molecule has 0 amide bonds. The monoisotopic (exact) mass is 275 g/mol. The molecular formula is C16H15F2NO. The van der Waals surface area contributed by atoms with Crippen molar-refractivity contribution in [3.05, 3.63) is 59.4 Å². The largest absolute Gasteiger partial charge is 0.347 e. The highest BCUT2D eigenvalue weighted by molar-refractivity contribution is 5.98. The molecule has 0 spiro atoms. The summed E-state index contributed by atoms with van der Waals surface area (Å²) in [5, 5.41) is 0. The standard InChI is InChI=1S/C16H15F2NO/c17-16(18,13-6-2-1-3-7-13)11-19-9-12-5-4-8-15(20)14(12)10-19/h1-3,6-7,9-10H,4-5,8,11H2. The number of rotatable bonds is 3. The Hall–Kier alpha value is -1.97. The highest BCUT2D eigenvalue weighted by Gasteiger charge is 2.32. The zero-order chi connectivity index (χ0) is 14.2. The molecule has 0 saturated carbocycles. The number of aryl methyl sites for hydroxylation is 1. The van der Waals surface area contributed by atoms with Gasteiger partial charge in [0.25, 0.3) is 5.92 Å². The van der Waals surface area contributed by atoms with Crippen molar-refractivity contribution in [2.24, 2.45) is 0 Å². The van der Waals surface area contributed by atoms with E-state index < -0.39 is 12.5 Å². The molecule has 0 saturated heterocycles. The molecule has 0 fully saturated rings. The van der Waals surface area contributed by atoms with Crippen molar-refractivity contribution in [2.75, 3.05) is 0 Å². The maximum absolute atomic E-state index is 14.2. The SMILES string of the molecule is O=C1CCCc2cn(CC(F)(F)c3ccccc3)cc21. The number of fused-ring (bicyclic) bond motifs is 1. The minimum Gasteiger partial charge on any atom is -0.347 e. The maximum atomic E-state index is 14.2. The minimum absolute atomic E-state index is 0.00185. The van der Waals surface area contributed by atoms with Gasteiger partial charge in [0.05, 0.1) is 6.54 Å². The molecule has 0 atom stereocenters. The zero-order valence-corrected chi connectivity index (χ0v) is 11.0. The molecule has 0 unspecified atom stereocenters. The summed E-state index contributed by atoms with van der Waals surface area (Å²) in [4.78, 5) is 11.7. The van der Waals surface area contributed by atoms with Gasteiger partial charge < -0.3 is 4.57 Å². The van der Waals surface area contributed by atoms with Crippen molar-refractivity contribution in [1.29, 1.82) is 0 Å². The number of Topliss-reactive ketones (excluding diaryl/α,β-unsaturated/α-hetero) is 1. The fourth-order valence-electron chi connectivity index (χ4n) is 2.67. The van der Waals surface area contributed by atoms with E-state index in [4.69, 9.17) is 0 Å². The Bertz CT molecular complexity index is 631. The molecule has 0 bridgehead atoms. The van der Waals surface area contributed by atoms with Crippen molar-refractivity contribution < 1.29 is 13.6 Å². The number of halogens is 2.